The van der Waals surface area contributed by atoms with Crippen LogP contribution in [0.5, 0.6) is 0 Å². The lowest BCUT2D eigenvalue weighted by Gasteiger charge is -2.27. The van der Waals surface area contributed by atoms with E-state index < -0.39 is 11.9 Å². The van der Waals surface area contributed by atoms with Gasteiger partial charge in [-0.1, -0.05) is 75.5 Å². The number of nitrogens with zero attached hydrogens (tertiary/aromatic N) is 1. The Morgan fingerprint density at radius 2 is 1.41 bits per heavy atom. The van der Waals surface area contributed by atoms with Crippen molar-refractivity contribution in [1.29, 1.82) is 0 Å². The lowest BCUT2D eigenvalue weighted by Crippen LogP contribution is -2.29. The molecule has 146 valence electrons. The molecule has 6 heteroatoms. The molecule has 0 saturated heterocycles. The maximum Gasteiger partial charge on any atom is 0.290 e. The maximum atomic E-state index is 13.0. The summed E-state index contributed by atoms with van der Waals surface area (Å²) in [6.45, 7) is 0.345. The van der Waals surface area contributed by atoms with Crippen LogP contribution in [0.2, 0.25) is 10.0 Å². The molecular weight excluding hydrogens is 473 g/mol. The van der Waals surface area contributed by atoms with Crippen LogP contribution in [-0.4, -0.2) is 15.9 Å². The third-order valence-electron chi connectivity index (χ3n) is 4.91. The molecule has 0 unspecified atom stereocenters. The largest absolute Gasteiger partial charge is 0.503 e. The highest BCUT2D eigenvalue weighted by Gasteiger charge is 2.40. The van der Waals surface area contributed by atoms with Crippen LogP contribution in [0.3, 0.4) is 0 Å². The number of benzene rings is 3. The number of amides is 1. The lowest BCUT2D eigenvalue weighted by molar-refractivity contribution is -0.130. The molecule has 1 heterocycles. The Balaban J connectivity index is 1.80. The molecule has 3 aromatic carbocycles. The van der Waals surface area contributed by atoms with Gasteiger partial charge in [0, 0.05) is 26.6 Å². The quantitative estimate of drug-likeness (QED) is 0.438. The van der Waals surface area contributed by atoms with E-state index in [1.165, 1.54) is 0 Å². The van der Waals surface area contributed by atoms with Crippen LogP contribution in [0, 0.1) is 0 Å². The maximum absolute atomic E-state index is 13.0. The zero-order valence-electron chi connectivity index (χ0n) is 15.1. The van der Waals surface area contributed by atoms with Gasteiger partial charge in [-0.3, -0.25) is 4.79 Å². The molecule has 0 spiro atoms. The van der Waals surface area contributed by atoms with E-state index in [4.69, 9.17) is 23.2 Å². The topological polar surface area (TPSA) is 40.5 Å². The summed E-state index contributed by atoms with van der Waals surface area (Å²) < 4.78 is 0.941. The number of aliphatic hydroxyl groups excluding tert-OH is 1. The van der Waals surface area contributed by atoms with Gasteiger partial charge in [-0.25, -0.2) is 0 Å². The summed E-state index contributed by atoms with van der Waals surface area (Å²) >= 11 is 15.5. The molecule has 1 aliphatic heterocycles. The van der Waals surface area contributed by atoms with Crippen LogP contribution in [-0.2, 0) is 11.3 Å². The van der Waals surface area contributed by atoms with E-state index in [0.29, 0.717) is 22.2 Å². The van der Waals surface area contributed by atoms with E-state index in [9.17, 15) is 9.90 Å². The number of hydrogen-bond donors (Lipinski definition) is 1. The van der Waals surface area contributed by atoms with E-state index in [0.717, 1.165) is 21.2 Å². The summed E-state index contributed by atoms with van der Waals surface area (Å²) in [6.07, 6.45) is 0. The zero-order valence-corrected chi connectivity index (χ0v) is 18.2. The van der Waals surface area contributed by atoms with Crippen molar-refractivity contribution in [2.24, 2.45) is 0 Å². The van der Waals surface area contributed by atoms with Crippen molar-refractivity contribution in [2.45, 2.75) is 12.6 Å². The molecule has 1 aliphatic rings. The smallest absolute Gasteiger partial charge is 0.290 e. The molecule has 0 aromatic heterocycles. The molecular formula is C23H16BrCl2NO2. The van der Waals surface area contributed by atoms with Gasteiger partial charge < -0.3 is 10.0 Å². The van der Waals surface area contributed by atoms with Crippen molar-refractivity contribution in [3.8, 4) is 0 Å². The van der Waals surface area contributed by atoms with Crippen LogP contribution >= 0.6 is 39.1 Å². The first-order valence-electron chi connectivity index (χ1n) is 8.94. The van der Waals surface area contributed by atoms with Crippen molar-refractivity contribution in [3.05, 3.63) is 110 Å². The van der Waals surface area contributed by atoms with Crippen molar-refractivity contribution < 1.29 is 9.90 Å². The second-order valence-electron chi connectivity index (χ2n) is 6.78. The van der Waals surface area contributed by atoms with Gasteiger partial charge in [-0.2, -0.15) is 0 Å². The van der Waals surface area contributed by atoms with E-state index in [2.05, 4.69) is 15.9 Å². The van der Waals surface area contributed by atoms with Crippen LogP contribution in [0.15, 0.2) is 83.0 Å². The fraction of sp³-hybridized carbons (Fsp3) is 0.0870. The number of hydrogen-bond acceptors (Lipinski definition) is 2. The minimum atomic E-state index is -0.424. The Kier molecular flexibility index (Phi) is 5.68. The molecule has 1 N–H and O–H groups in total. The molecule has 0 aliphatic carbocycles. The van der Waals surface area contributed by atoms with Crippen LogP contribution in [0.25, 0.3) is 5.57 Å². The van der Waals surface area contributed by atoms with E-state index in [-0.39, 0.29) is 5.76 Å². The van der Waals surface area contributed by atoms with Crippen molar-refractivity contribution in [3.63, 3.8) is 0 Å². The van der Waals surface area contributed by atoms with E-state index >= 15 is 0 Å². The molecule has 0 fully saturated rings. The molecule has 0 radical (unpaired) electrons. The van der Waals surface area contributed by atoms with Gasteiger partial charge in [0.05, 0.1) is 6.04 Å². The van der Waals surface area contributed by atoms with Crippen LogP contribution in [0.1, 0.15) is 22.7 Å². The molecule has 3 aromatic rings. The highest BCUT2D eigenvalue weighted by molar-refractivity contribution is 9.10. The Bertz CT molecular complexity index is 1080. The third-order valence-corrected chi connectivity index (χ3v) is 5.94. The van der Waals surface area contributed by atoms with Crippen molar-refractivity contribution in [1.82, 2.24) is 4.90 Å². The highest BCUT2D eigenvalue weighted by atomic mass is 79.9. The van der Waals surface area contributed by atoms with Crippen LogP contribution < -0.4 is 0 Å². The normalized spacial score (nSPS) is 16.6. The Labute approximate surface area is 187 Å². The standard InChI is InChI=1S/C23H16BrCl2NO2/c24-17-7-3-16(4-8-17)21-20(15-5-11-19(26)12-6-15)22(28)23(29)27(21)13-14-1-9-18(25)10-2-14/h1-12,21,28H,13H2/t21-/m1/s1. The van der Waals surface area contributed by atoms with Gasteiger partial charge in [0.1, 0.15) is 0 Å². The third kappa shape index (κ3) is 4.06. The molecule has 0 saturated carbocycles. The minimum absolute atomic E-state index is 0.241. The van der Waals surface area contributed by atoms with Gasteiger partial charge in [-0.05, 0) is 53.1 Å². The molecule has 1 amide bonds. The molecule has 29 heavy (non-hydrogen) atoms. The summed E-state index contributed by atoms with van der Waals surface area (Å²) in [5, 5.41) is 12.0. The summed E-state index contributed by atoms with van der Waals surface area (Å²) in [7, 11) is 0. The Hall–Kier alpha value is -2.27. The molecule has 3 nitrogen and oxygen atoms in total. The average Bonchev–Trinajstić information content (AvgIpc) is 2.96. The first-order chi connectivity index (χ1) is 13.9. The molecule has 1 atom stereocenters. The average molecular weight is 489 g/mol. The Morgan fingerprint density at radius 3 is 2.00 bits per heavy atom. The zero-order chi connectivity index (χ0) is 20.5. The first-order valence-corrected chi connectivity index (χ1v) is 10.5. The second-order valence-corrected chi connectivity index (χ2v) is 8.57. The van der Waals surface area contributed by atoms with Crippen molar-refractivity contribution >= 4 is 50.6 Å². The number of carbonyl (C=O) groups is 1. The number of carbonyl (C=O) groups excluding carboxylic acids is 1. The Morgan fingerprint density at radius 1 is 0.862 bits per heavy atom. The summed E-state index contributed by atoms with van der Waals surface area (Å²) in [4.78, 5) is 14.7. The monoisotopic (exact) mass is 487 g/mol. The fourth-order valence-electron chi connectivity index (χ4n) is 3.52. The van der Waals surface area contributed by atoms with Crippen LogP contribution in [0.4, 0.5) is 0 Å². The van der Waals surface area contributed by atoms with Gasteiger partial charge in [0.15, 0.2) is 5.76 Å². The predicted octanol–water partition coefficient (Wildman–Crippen LogP) is 6.81. The fourth-order valence-corrected chi connectivity index (χ4v) is 4.04. The summed E-state index contributed by atoms with van der Waals surface area (Å²) in [6, 6.07) is 21.8. The van der Waals surface area contributed by atoms with Gasteiger partial charge >= 0.3 is 0 Å². The van der Waals surface area contributed by atoms with Gasteiger partial charge in [-0.15, -0.1) is 0 Å². The first kappa shape index (κ1) is 20.0. The SMILES string of the molecule is O=C1C(O)=C(c2ccc(Cl)cc2)[C@@H](c2ccc(Br)cc2)N1Cc1ccc(Cl)cc1. The molecule has 4 rings (SSSR count). The predicted molar refractivity (Wildman–Crippen MR) is 120 cm³/mol. The summed E-state index contributed by atoms with van der Waals surface area (Å²) in [5.74, 6) is -0.646. The highest BCUT2D eigenvalue weighted by Crippen LogP contribution is 2.44. The summed E-state index contributed by atoms with van der Waals surface area (Å²) in [5.41, 5.74) is 3.16. The minimum Gasteiger partial charge on any atom is -0.503 e. The molecule has 0 bridgehead atoms. The van der Waals surface area contributed by atoms with Gasteiger partial charge in [0.25, 0.3) is 5.91 Å². The number of halogens is 3. The van der Waals surface area contributed by atoms with E-state index in [1.54, 1.807) is 29.2 Å². The number of aliphatic hydroxyl groups is 1. The van der Waals surface area contributed by atoms with Gasteiger partial charge in [0.2, 0.25) is 0 Å². The lowest BCUT2D eigenvalue weighted by atomic mass is 9.93. The van der Waals surface area contributed by atoms with Crippen molar-refractivity contribution in [2.75, 3.05) is 0 Å². The van der Waals surface area contributed by atoms with E-state index in [1.807, 2.05) is 48.5 Å². The second kappa shape index (κ2) is 8.23. The number of rotatable bonds is 4.